The van der Waals surface area contributed by atoms with E-state index < -0.39 is 0 Å². The van der Waals surface area contributed by atoms with Crippen LogP contribution in [0.2, 0.25) is 0 Å². The van der Waals surface area contributed by atoms with Gasteiger partial charge >= 0.3 is 0 Å². The first kappa shape index (κ1) is 14.8. The molecule has 1 N–H and O–H groups in total. The fraction of sp³-hybridized carbons (Fsp3) is 0.933. The molecule has 0 aliphatic carbocycles. The number of amides is 1. The smallest absolute Gasteiger partial charge is 0.241 e. The van der Waals surface area contributed by atoms with E-state index in [1.165, 1.54) is 32.4 Å². The lowest BCUT2D eigenvalue weighted by Gasteiger charge is -2.30. The van der Waals surface area contributed by atoms with E-state index in [-0.39, 0.29) is 12.2 Å². The van der Waals surface area contributed by atoms with Gasteiger partial charge in [0.1, 0.15) is 0 Å². The fourth-order valence-corrected chi connectivity index (χ4v) is 3.25. The quantitative estimate of drug-likeness (QED) is 0.797. The molecule has 4 nitrogen and oxygen atoms in total. The van der Waals surface area contributed by atoms with E-state index in [0.29, 0.717) is 5.91 Å². The molecule has 0 bridgehead atoms. The van der Waals surface area contributed by atoms with Crippen molar-refractivity contribution in [1.29, 1.82) is 0 Å². The van der Waals surface area contributed by atoms with Crippen LogP contribution in [0.25, 0.3) is 0 Å². The zero-order valence-corrected chi connectivity index (χ0v) is 12.5. The fourth-order valence-electron chi connectivity index (χ4n) is 3.25. The van der Waals surface area contributed by atoms with Crippen LogP contribution in [0.15, 0.2) is 0 Å². The zero-order valence-electron chi connectivity index (χ0n) is 12.5. The second-order valence-corrected chi connectivity index (χ2v) is 5.87. The highest BCUT2D eigenvalue weighted by atomic mass is 16.2. The summed E-state index contributed by atoms with van der Waals surface area (Å²) in [5.74, 6) is 0.318. The molecule has 2 unspecified atom stereocenters. The van der Waals surface area contributed by atoms with Crippen LogP contribution >= 0.6 is 0 Å². The van der Waals surface area contributed by atoms with Gasteiger partial charge in [-0.3, -0.25) is 10.1 Å². The van der Waals surface area contributed by atoms with Crippen LogP contribution in [0.1, 0.15) is 52.4 Å². The molecule has 2 saturated heterocycles. The average molecular weight is 267 g/mol. The second-order valence-electron chi connectivity index (χ2n) is 5.87. The minimum Gasteiger partial charge on any atom is -0.325 e. The van der Waals surface area contributed by atoms with Crippen molar-refractivity contribution < 1.29 is 4.79 Å². The highest BCUT2D eigenvalue weighted by molar-refractivity contribution is 5.84. The van der Waals surface area contributed by atoms with Crippen molar-refractivity contribution in [2.75, 3.05) is 26.2 Å². The van der Waals surface area contributed by atoms with Crippen molar-refractivity contribution in [1.82, 2.24) is 15.1 Å². The zero-order chi connectivity index (χ0) is 13.7. The Labute approximate surface area is 117 Å². The minimum absolute atomic E-state index is 0.0536. The van der Waals surface area contributed by atoms with Gasteiger partial charge in [0, 0.05) is 13.1 Å². The number of piperidine rings is 1. The molecule has 2 heterocycles. The van der Waals surface area contributed by atoms with Gasteiger partial charge in [0.2, 0.25) is 5.91 Å². The third kappa shape index (κ3) is 3.69. The molecule has 0 saturated carbocycles. The summed E-state index contributed by atoms with van der Waals surface area (Å²) >= 11 is 0. The Morgan fingerprint density at radius 3 is 2.53 bits per heavy atom. The van der Waals surface area contributed by atoms with Crippen molar-refractivity contribution in [3.8, 4) is 0 Å². The molecule has 4 heteroatoms. The van der Waals surface area contributed by atoms with Crippen LogP contribution in [0.3, 0.4) is 0 Å². The molecule has 2 atom stereocenters. The summed E-state index contributed by atoms with van der Waals surface area (Å²) in [5, 5.41) is 3.49. The molecule has 1 amide bonds. The highest BCUT2D eigenvalue weighted by Gasteiger charge is 2.36. The van der Waals surface area contributed by atoms with Gasteiger partial charge in [-0.2, -0.15) is 0 Å². The molecule has 0 radical (unpaired) electrons. The van der Waals surface area contributed by atoms with Crippen LogP contribution in [0.5, 0.6) is 0 Å². The predicted molar refractivity (Wildman–Crippen MR) is 77.9 cm³/mol. The number of likely N-dealkylation sites (tertiary alicyclic amines) is 1. The molecule has 110 valence electrons. The third-order valence-corrected chi connectivity index (χ3v) is 4.43. The van der Waals surface area contributed by atoms with Crippen molar-refractivity contribution in [2.45, 2.75) is 64.6 Å². The summed E-state index contributed by atoms with van der Waals surface area (Å²) in [4.78, 5) is 16.9. The molecule has 2 aliphatic heterocycles. The molecule has 0 aromatic rings. The molecule has 0 aromatic carbocycles. The topological polar surface area (TPSA) is 35.6 Å². The first-order chi connectivity index (χ1) is 9.26. The van der Waals surface area contributed by atoms with Crippen LogP contribution in [0, 0.1) is 0 Å². The molecule has 0 aromatic heterocycles. The standard InChI is InChI=1S/C15H29N3O/c1-3-8-14-16-13(4-2)15(19)18(14)12-11-17-9-6-5-7-10-17/h13-14,16H,3-12H2,1-2H3. The number of nitrogens with one attached hydrogen (secondary N) is 1. The molecule has 0 spiro atoms. The molecule has 2 rings (SSSR count). The number of carbonyl (C=O) groups is 1. The molecule has 19 heavy (non-hydrogen) atoms. The van der Waals surface area contributed by atoms with Gasteiger partial charge in [-0.15, -0.1) is 0 Å². The Kier molecular flexibility index (Phi) is 5.64. The maximum Gasteiger partial charge on any atom is 0.241 e. The summed E-state index contributed by atoms with van der Waals surface area (Å²) < 4.78 is 0. The van der Waals surface area contributed by atoms with Crippen LogP contribution in [0.4, 0.5) is 0 Å². The van der Waals surface area contributed by atoms with E-state index in [4.69, 9.17) is 0 Å². The predicted octanol–water partition coefficient (Wildman–Crippen LogP) is 1.81. The SMILES string of the molecule is CCCC1NC(CC)C(=O)N1CCN1CCCCC1. The van der Waals surface area contributed by atoms with Gasteiger partial charge in [0.15, 0.2) is 0 Å². The van der Waals surface area contributed by atoms with Gasteiger partial charge in [0.05, 0.1) is 12.2 Å². The van der Waals surface area contributed by atoms with Crippen molar-refractivity contribution >= 4 is 5.91 Å². The normalized spacial score (nSPS) is 29.2. The molecular formula is C15H29N3O. The van der Waals surface area contributed by atoms with E-state index in [0.717, 1.165) is 32.4 Å². The van der Waals surface area contributed by atoms with E-state index in [2.05, 4.69) is 29.0 Å². The first-order valence-electron chi connectivity index (χ1n) is 8.05. The average Bonchev–Trinajstić information content (AvgIpc) is 2.74. The Bertz CT molecular complexity index is 289. The van der Waals surface area contributed by atoms with Gasteiger partial charge in [-0.1, -0.05) is 26.7 Å². The molecule has 2 aliphatic rings. The van der Waals surface area contributed by atoms with Crippen molar-refractivity contribution in [2.24, 2.45) is 0 Å². The first-order valence-corrected chi connectivity index (χ1v) is 8.05. The Hall–Kier alpha value is -0.610. The lowest BCUT2D eigenvalue weighted by Crippen LogP contribution is -2.43. The molecular weight excluding hydrogens is 238 g/mol. The van der Waals surface area contributed by atoms with Gasteiger partial charge in [-0.25, -0.2) is 0 Å². The summed E-state index contributed by atoms with van der Waals surface area (Å²) in [6.45, 7) is 8.65. The van der Waals surface area contributed by atoms with Crippen LogP contribution < -0.4 is 5.32 Å². The Morgan fingerprint density at radius 1 is 1.16 bits per heavy atom. The lowest BCUT2D eigenvalue weighted by molar-refractivity contribution is -0.130. The summed E-state index contributed by atoms with van der Waals surface area (Å²) in [5.41, 5.74) is 0. The lowest BCUT2D eigenvalue weighted by atomic mass is 10.1. The maximum absolute atomic E-state index is 12.3. The van der Waals surface area contributed by atoms with E-state index >= 15 is 0 Å². The van der Waals surface area contributed by atoms with Crippen molar-refractivity contribution in [3.05, 3.63) is 0 Å². The van der Waals surface area contributed by atoms with Crippen LogP contribution in [-0.4, -0.2) is 54.1 Å². The van der Waals surface area contributed by atoms with E-state index in [1.54, 1.807) is 0 Å². The number of rotatable bonds is 6. The van der Waals surface area contributed by atoms with Crippen LogP contribution in [-0.2, 0) is 4.79 Å². The minimum atomic E-state index is 0.0536. The largest absolute Gasteiger partial charge is 0.325 e. The van der Waals surface area contributed by atoms with E-state index in [9.17, 15) is 4.79 Å². The van der Waals surface area contributed by atoms with Gasteiger partial charge in [-0.05, 0) is 38.8 Å². The summed E-state index contributed by atoms with van der Waals surface area (Å²) in [6.07, 6.45) is 7.39. The third-order valence-electron chi connectivity index (χ3n) is 4.43. The highest BCUT2D eigenvalue weighted by Crippen LogP contribution is 2.17. The number of nitrogens with zero attached hydrogens (tertiary/aromatic N) is 2. The van der Waals surface area contributed by atoms with Crippen molar-refractivity contribution in [3.63, 3.8) is 0 Å². The number of hydrogen-bond donors (Lipinski definition) is 1. The monoisotopic (exact) mass is 267 g/mol. The van der Waals surface area contributed by atoms with Gasteiger partial charge < -0.3 is 9.80 Å². The maximum atomic E-state index is 12.3. The number of carbonyl (C=O) groups excluding carboxylic acids is 1. The Morgan fingerprint density at radius 2 is 1.89 bits per heavy atom. The summed E-state index contributed by atoms with van der Waals surface area (Å²) in [6, 6.07) is 0.0536. The Balaban J connectivity index is 1.86. The van der Waals surface area contributed by atoms with E-state index in [1.807, 2.05) is 0 Å². The van der Waals surface area contributed by atoms with Gasteiger partial charge in [0.25, 0.3) is 0 Å². The summed E-state index contributed by atoms with van der Waals surface area (Å²) in [7, 11) is 0. The second kappa shape index (κ2) is 7.25. The molecule has 2 fully saturated rings. The number of hydrogen-bond acceptors (Lipinski definition) is 3.